The number of hydrogen-bond acceptors (Lipinski definition) is 7. The van der Waals surface area contributed by atoms with Gasteiger partial charge in [0.1, 0.15) is 5.01 Å². The highest BCUT2D eigenvalue weighted by Gasteiger charge is 2.49. The predicted molar refractivity (Wildman–Crippen MR) is 146 cm³/mol. The molecular weight excluding hydrogens is 550 g/mol. The summed E-state index contributed by atoms with van der Waals surface area (Å²) in [7, 11) is -3.87. The number of nitrogens with zero attached hydrogens (tertiary/aromatic N) is 1. The van der Waals surface area contributed by atoms with E-state index in [2.05, 4.69) is 10.3 Å². The molecule has 0 radical (unpaired) electrons. The Balaban J connectivity index is 1.77. The summed E-state index contributed by atoms with van der Waals surface area (Å²) in [6, 6.07) is 20.3. The van der Waals surface area contributed by atoms with Crippen molar-refractivity contribution in [2.45, 2.75) is 11.2 Å². The molecule has 0 aliphatic heterocycles. The summed E-state index contributed by atoms with van der Waals surface area (Å²) in [4.78, 5) is 29.2. The Hall–Kier alpha value is -3.49. The number of sulfonamides is 1. The van der Waals surface area contributed by atoms with Crippen LogP contribution in [0.3, 0.4) is 0 Å². The number of primary sulfonamides is 1. The predicted octanol–water partition coefficient (Wildman–Crippen LogP) is 2.73. The van der Waals surface area contributed by atoms with Crippen molar-refractivity contribution >= 4 is 54.5 Å². The number of fused-ring (bicyclic) bond motifs is 1. The lowest BCUT2D eigenvalue weighted by molar-refractivity contribution is -0.123. The average Bonchev–Trinajstić information content (AvgIpc) is 3.30. The number of benzene rings is 3. The maximum atomic E-state index is 13.5. The Morgan fingerprint density at radius 2 is 1.68 bits per heavy atom. The van der Waals surface area contributed by atoms with E-state index in [9.17, 15) is 26.8 Å². The molecule has 5 N–H and O–H groups in total. The fraction of sp³-hybridized carbons (Fsp3) is 0.160. The Kier molecular flexibility index (Phi) is 8.04. The van der Waals surface area contributed by atoms with Gasteiger partial charge in [0.05, 0.1) is 21.5 Å². The maximum absolute atomic E-state index is 13.5. The van der Waals surface area contributed by atoms with E-state index < -0.39 is 43.5 Å². The molecule has 1 amide bonds. The molecule has 4 rings (SSSR count). The van der Waals surface area contributed by atoms with Crippen LogP contribution in [0.15, 0.2) is 72.8 Å². The van der Waals surface area contributed by atoms with Crippen LogP contribution in [0.5, 0.6) is 0 Å². The van der Waals surface area contributed by atoms with E-state index in [-0.39, 0.29) is 23.5 Å². The highest BCUT2D eigenvalue weighted by molar-refractivity contribution is 7.89. The van der Waals surface area contributed by atoms with Crippen LogP contribution in [0.25, 0.3) is 21.3 Å². The third kappa shape index (κ3) is 5.97. The Labute approximate surface area is 224 Å². The highest BCUT2D eigenvalue weighted by Crippen LogP contribution is 2.38. The van der Waals surface area contributed by atoms with Crippen LogP contribution in [-0.4, -0.2) is 51.4 Å². The van der Waals surface area contributed by atoms with Gasteiger partial charge in [-0.1, -0.05) is 48.5 Å². The van der Waals surface area contributed by atoms with Gasteiger partial charge in [0.25, 0.3) is 0 Å². The largest absolute Gasteiger partial charge is 0.478 e. The van der Waals surface area contributed by atoms with Crippen LogP contribution in [-0.2, 0) is 37.1 Å². The monoisotopic (exact) mass is 573 g/mol. The smallest absolute Gasteiger partial charge is 0.335 e. The summed E-state index contributed by atoms with van der Waals surface area (Å²) in [5, 5.41) is 16.7. The lowest BCUT2D eigenvalue weighted by Gasteiger charge is -2.27. The first kappa shape index (κ1) is 27.5. The number of aromatic carboxylic acids is 1. The van der Waals surface area contributed by atoms with Crippen LogP contribution >= 0.6 is 11.3 Å². The van der Waals surface area contributed by atoms with Crippen LogP contribution < -0.4 is 10.5 Å². The van der Waals surface area contributed by atoms with Crippen LogP contribution in [0.2, 0.25) is 0 Å². The van der Waals surface area contributed by atoms with Crippen molar-refractivity contribution < 1.29 is 31.9 Å². The topological polar surface area (TPSA) is 177 Å². The molecule has 0 bridgehead atoms. The SMILES string of the molecule is NS(=O)(=O)CCNC(=O)C(Cc1ccccc1)(c1nc2ccc(-c3ccc(C(=O)O)cc3)cc2s1)S(=O)O. The van der Waals surface area contributed by atoms with Gasteiger partial charge in [-0.25, -0.2) is 27.5 Å². The molecule has 1 heterocycles. The van der Waals surface area contributed by atoms with Gasteiger partial charge in [0.2, 0.25) is 20.7 Å². The molecule has 0 spiro atoms. The van der Waals surface area contributed by atoms with Gasteiger partial charge in [-0.05, 0) is 41.0 Å². The van der Waals surface area contributed by atoms with E-state index in [0.717, 1.165) is 22.5 Å². The number of aromatic nitrogens is 1. The maximum Gasteiger partial charge on any atom is 0.335 e. The number of rotatable bonds is 10. The summed E-state index contributed by atoms with van der Waals surface area (Å²) in [5.74, 6) is -2.43. The van der Waals surface area contributed by atoms with Gasteiger partial charge in [-0.15, -0.1) is 11.3 Å². The van der Waals surface area contributed by atoms with Gasteiger partial charge in [0, 0.05) is 13.0 Å². The molecule has 4 aromatic rings. The van der Waals surface area contributed by atoms with Gasteiger partial charge in [-0.2, -0.15) is 0 Å². The summed E-state index contributed by atoms with van der Waals surface area (Å²) < 4.78 is 44.8. The molecule has 0 aliphatic carbocycles. The first-order chi connectivity index (χ1) is 18.0. The van der Waals surface area contributed by atoms with Gasteiger partial charge in [0.15, 0.2) is 11.1 Å². The van der Waals surface area contributed by atoms with Gasteiger partial charge >= 0.3 is 5.97 Å². The number of carboxylic acids is 1. The van der Waals surface area contributed by atoms with Crippen molar-refractivity contribution in [3.8, 4) is 11.1 Å². The van der Waals surface area contributed by atoms with Crippen LogP contribution in [0.1, 0.15) is 20.9 Å². The number of nitrogens with two attached hydrogens (primary N) is 1. The Bertz CT molecular complexity index is 1620. The average molecular weight is 574 g/mol. The second kappa shape index (κ2) is 11.1. The molecule has 1 aromatic heterocycles. The first-order valence-corrected chi connectivity index (χ1v) is 14.8. The van der Waals surface area contributed by atoms with E-state index in [4.69, 9.17) is 10.2 Å². The fourth-order valence-electron chi connectivity index (χ4n) is 3.88. The standard InChI is InChI=1S/C25H23N3O7S3/c26-38(34,35)13-12-27-23(31)25(37(32)33,15-16-4-2-1-3-5-16)24-28-20-11-10-19(14-21(20)36-24)17-6-8-18(9-7-17)22(29)30/h1-11,14H,12-13,15H2,(H,27,31)(H,29,30)(H,32,33)(H2,26,34,35). The molecule has 2 atom stereocenters. The third-order valence-corrected chi connectivity index (χ3v) is 9.03. The minimum Gasteiger partial charge on any atom is -0.478 e. The molecule has 38 heavy (non-hydrogen) atoms. The number of hydrogen-bond donors (Lipinski definition) is 4. The lowest BCUT2D eigenvalue weighted by Crippen LogP contribution is -2.50. The number of carbonyl (C=O) groups is 2. The van der Waals surface area contributed by atoms with E-state index in [0.29, 0.717) is 15.8 Å². The summed E-state index contributed by atoms with van der Waals surface area (Å²) >= 11 is -1.67. The minimum absolute atomic E-state index is 0.0867. The van der Waals surface area contributed by atoms with E-state index in [1.54, 1.807) is 60.7 Å². The molecule has 2 unspecified atom stereocenters. The van der Waals surface area contributed by atoms with Crippen molar-refractivity contribution in [1.82, 2.24) is 10.3 Å². The van der Waals surface area contributed by atoms with Crippen LogP contribution in [0.4, 0.5) is 0 Å². The molecule has 0 saturated heterocycles. The quantitative estimate of drug-likeness (QED) is 0.209. The van der Waals surface area contributed by atoms with Crippen molar-refractivity contribution in [2.24, 2.45) is 5.14 Å². The number of carboxylic acid groups (broad SMARTS) is 1. The van der Waals surface area contributed by atoms with Crippen LogP contribution in [0, 0.1) is 0 Å². The minimum atomic E-state index is -3.87. The van der Waals surface area contributed by atoms with Crippen molar-refractivity contribution in [1.29, 1.82) is 0 Å². The molecule has 13 heteroatoms. The lowest BCUT2D eigenvalue weighted by atomic mass is 9.97. The Morgan fingerprint density at radius 3 is 2.29 bits per heavy atom. The van der Waals surface area contributed by atoms with Gasteiger partial charge in [-0.3, -0.25) is 4.79 Å². The number of carbonyl (C=O) groups excluding carboxylic acids is 1. The molecule has 10 nitrogen and oxygen atoms in total. The molecule has 0 aliphatic rings. The number of thiazole rings is 1. The molecule has 0 fully saturated rings. The third-order valence-electron chi connectivity index (χ3n) is 5.83. The van der Waals surface area contributed by atoms with E-state index in [1.807, 2.05) is 0 Å². The zero-order valence-corrected chi connectivity index (χ0v) is 22.2. The normalized spacial score (nSPS) is 14.1. The molecule has 198 valence electrons. The fourth-order valence-corrected chi connectivity index (χ4v) is 6.41. The number of amides is 1. The highest BCUT2D eigenvalue weighted by atomic mass is 32.2. The molecule has 0 saturated carbocycles. The molecule has 3 aromatic carbocycles. The zero-order chi connectivity index (χ0) is 27.5. The van der Waals surface area contributed by atoms with Crippen molar-refractivity contribution in [3.05, 3.63) is 88.9 Å². The van der Waals surface area contributed by atoms with Crippen molar-refractivity contribution in [3.63, 3.8) is 0 Å². The van der Waals surface area contributed by atoms with E-state index in [1.165, 1.54) is 12.1 Å². The second-order valence-electron chi connectivity index (χ2n) is 8.45. The van der Waals surface area contributed by atoms with E-state index >= 15 is 0 Å². The summed E-state index contributed by atoms with van der Waals surface area (Å²) in [6.07, 6.45) is -0.165. The summed E-state index contributed by atoms with van der Waals surface area (Å²) in [6.45, 7) is -0.340. The second-order valence-corrected chi connectivity index (χ2v) is 12.4. The Morgan fingerprint density at radius 1 is 1.03 bits per heavy atom. The number of nitrogens with one attached hydrogen (secondary N) is 1. The van der Waals surface area contributed by atoms with Crippen molar-refractivity contribution in [2.75, 3.05) is 12.3 Å². The van der Waals surface area contributed by atoms with Gasteiger partial charge < -0.3 is 15.0 Å². The molecular formula is C25H23N3O7S3. The zero-order valence-electron chi connectivity index (χ0n) is 19.7. The first-order valence-electron chi connectivity index (χ1n) is 11.2. The summed E-state index contributed by atoms with van der Waals surface area (Å²) in [5.41, 5.74) is 2.78.